The van der Waals surface area contributed by atoms with Crippen molar-refractivity contribution in [3.8, 4) is 11.3 Å². The maximum absolute atomic E-state index is 11.7. The maximum Gasteiger partial charge on any atom is 0.159 e. The molecule has 0 aliphatic carbocycles. The van der Waals surface area contributed by atoms with Crippen molar-refractivity contribution in [3.63, 3.8) is 0 Å². The summed E-state index contributed by atoms with van der Waals surface area (Å²) >= 11 is 0. The predicted octanol–water partition coefficient (Wildman–Crippen LogP) is 4.77. The Morgan fingerprint density at radius 3 is 2.77 bits per heavy atom. The van der Waals surface area contributed by atoms with E-state index in [2.05, 4.69) is 52.6 Å². The zero-order valence-electron chi connectivity index (χ0n) is 18.4. The summed E-state index contributed by atoms with van der Waals surface area (Å²) in [4.78, 5) is 18.8. The SMILES string of the molecule is CCn1nc(C)c(CN2CC[C@H](c3ccnc(-c4cccc(C(C)=O)c4)c3)C2)c1C. The first-order valence-electron chi connectivity index (χ1n) is 10.8. The van der Waals surface area contributed by atoms with Crippen molar-refractivity contribution in [2.75, 3.05) is 13.1 Å². The molecular weight excluding hydrogens is 372 g/mol. The van der Waals surface area contributed by atoms with Crippen LogP contribution in [0.25, 0.3) is 11.3 Å². The number of pyridine rings is 1. The minimum atomic E-state index is 0.0800. The van der Waals surface area contributed by atoms with E-state index >= 15 is 0 Å². The quantitative estimate of drug-likeness (QED) is 0.557. The van der Waals surface area contributed by atoms with Gasteiger partial charge in [0.05, 0.1) is 11.4 Å². The smallest absolute Gasteiger partial charge is 0.159 e. The van der Waals surface area contributed by atoms with Crippen LogP contribution < -0.4 is 0 Å². The second-order valence-electron chi connectivity index (χ2n) is 8.30. The van der Waals surface area contributed by atoms with Crippen LogP contribution in [0.4, 0.5) is 0 Å². The summed E-state index contributed by atoms with van der Waals surface area (Å²) in [6.45, 7) is 12.1. The van der Waals surface area contributed by atoms with Crippen molar-refractivity contribution in [2.24, 2.45) is 0 Å². The predicted molar refractivity (Wildman–Crippen MR) is 120 cm³/mol. The number of benzene rings is 1. The fourth-order valence-corrected chi connectivity index (χ4v) is 4.50. The second kappa shape index (κ2) is 8.52. The topological polar surface area (TPSA) is 51.0 Å². The standard InChI is InChI=1S/C25H30N4O/c1-5-29-18(3)24(17(2)27-29)16-28-12-10-23(15-28)21-9-11-26-25(14-21)22-8-6-7-20(13-22)19(4)30/h6-9,11,13-14,23H,5,10,12,15-16H2,1-4H3/t23-/m0/s1. The van der Waals surface area contributed by atoms with E-state index in [0.29, 0.717) is 5.92 Å². The number of rotatable bonds is 6. The zero-order chi connectivity index (χ0) is 21.3. The van der Waals surface area contributed by atoms with E-state index in [1.807, 2.05) is 30.5 Å². The lowest BCUT2D eigenvalue weighted by Crippen LogP contribution is -2.20. The highest BCUT2D eigenvalue weighted by atomic mass is 16.1. The Morgan fingerprint density at radius 1 is 1.20 bits per heavy atom. The van der Waals surface area contributed by atoms with Gasteiger partial charge in [0, 0.05) is 48.2 Å². The third-order valence-electron chi connectivity index (χ3n) is 6.31. The molecule has 0 N–H and O–H groups in total. The highest BCUT2D eigenvalue weighted by Crippen LogP contribution is 2.31. The molecule has 5 nitrogen and oxygen atoms in total. The van der Waals surface area contributed by atoms with E-state index < -0.39 is 0 Å². The summed E-state index contributed by atoms with van der Waals surface area (Å²) in [5.74, 6) is 0.584. The lowest BCUT2D eigenvalue weighted by atomic mass is 9.97. The summed E-state index contributed by atoms with van der Waals surface area (Å²) in [5.41, 5.74) is 7.79. The van der Waals surface area contributed by atoms with Crippen molar-refractivity contribution >= 4 is 5.78 Å². The molecule has 4 rings (SSSR count). The summed E-state index contributed by atoms with van der Waals surface area (Å²) in [6, 6.07) is 12.1. The van der Waals surface area contributed by atoms with Crippen LogP contribution in [-0.4, -0.2) is 38.5 Å². The Bertz CT molecular complexity index is 1070. The highest BCUT2D eigenvalue weighted by Gasteiger charge is 2.26. The Balaban J connectivity index is 1.50. The van der Waals surface area contributed by atoms with Crippen molar-refractivity contribution in [2.45, 2.75) is 53.1 Å². The summed E-state index contributed by atoms with van der Waals surface area (Å²) in [5, 5.41) is 4.67. The maximum atomic E-state index is 11.7. The lowest BCUT2D eigenvalue weighted by Gasteiger charge is -2.17. The van der Waals surface area contributed by atoms with Crippen LogP contribution in [0.3, 0.4) is 0 Å². The molecule has 0 radical (unpaired) electrons. The fraction of sp³-hybridized carbons (Fsp3) is 0.400. The number of hydrogen-bond donors (Lipinski definition) is 0. The minimum absolute atomic E-state index is 0.0800. The molecule has 1 aromatic carbocycles. The molecule has 0 unspecified atom stereocenters. The van der Waals surface area contributed by atoms with Crippen LogP contribution >= 0.6 is 0 Å². The first-order chi connectivity index (χ1) is 14.5. The van der Waals surface area contributed by atoms with Gasteiger partial charge in [0.25, 0.3) is 0 Å². The highest BCUT2D eigenvalue weighted by molar-refractivity contribution is 5.95. The van der Waals surface area contributed by atoms with E-state index in [1.54, 1.807) is 6.92 Å². The number of ketones is 1. The first kappa shape index (κ1) is 20.5. The van der Waals surface area contributed by atoms with Crippen LogP contribution in [0.15, 0.2) is 42.6 Å². The number of Topliss-reactive ketones (excluding diaryl/α,β-unsaturated/α-hetero) is 1. The monoisotopic (exact) mass is 402 g/mol. The van der Waals surface area contributed by atoms with Crippen LogP contribution in [0.1, 0.15) is 59.1 Å². The van der Waals surface area contributed by atoms with Gasteiger partial charge in [0.1, 0.15) is 0 Å². The number of aryl methyl sites for hydroxylation is 2. The molecule has 3 aromatic rings. The molecule has 3 heterocycles. The van der Waals surface area contributed by atoms with Gasteiger partial charge in [-0.25, -0.2) is 0 Å². The van der Waals surface area contributed by atoms with Gasteiger partial charge in [-0.2, -0.15) is 5.10 Å². The van der Waals surface area contributed by atoms with Crippen molar-refractivity contribution in [3.05, 3.63) is 70.7 Å². The van der Waals surface area contributed by atoms with E-state index in [4.69, 9.17) is 0 Å². The number of carbonyl (C=O) groups excluding carboxylic acids is 1. The molecule has 1 atom stereocenters. The van der Waals surface area contributed by atoms with E-state index in [0.717, 1.165) is 55.1 Å². The van der Waals surface area contributed by atoms with Crippen molar-refractivity contribution < 1.29 is 4.79 Å². The number of aromatic nitrogens is 3. The molecule has 0 bridgehead atoms. The average Bonchev–Trinajstić information content (AvgIpc) is 3.34. The third kappa shape index (κ3) is 4.08. The number of nitrogens with zero attached hydrogens (tertiary/aromatic N) is 4. The van der Waals surface area contributed by atoms with Crippen molar-refractivity contribution in [1.82, 2.24) is 19.7 Å². The van der Waals surface area contributed by atoms with Crippen LogP contribution in [0.2, 0.25) is 0 Å². The molecule has 5 heteroatoms. The van der Waals surface area contributed by atoms with Crippen LogP contribution in [0, 0.1) is 13.8 Å². The molecule has 0 amide bonds. The van der Waals surface area contributed by atoms with Crippen LogP contribution in [-0.2, 0) is 13.1 Å². The van der Waals surface area contributed by atoms with Crippen LogP contribution in [0.5, 0.6) is 0 Å². The van der Waals surface area contributed by atoms with Gasteiger partial charge in [-0.3, -0.25) is 19.4 Å². The third-order valence-corrected chi connectivity index (χ3v) is 6.31. The summed E-state index contributed by atoms with van der Waals surface area (Å²) < 4.78 is 2.10. The number of carbonyl (C=O) groups is 1. The van der Waals surface area contributed by atoms with E-state index in [9.17, 15) is 4.79 Å². The Kier molecular flexibility index (Phi) is 5.82. The van der Waals surface area contributed by atoms with E-state index in [1.165, 1.54) is 16.8 Å². The molecular formula is C25H30N4O. The Morgan fingerprint density at radius 2 is 2.03 bits per heavy atom. The number of likely N-dealkylation sites (tertiary alicyclic amines) is 1. The molecule has 2 aromatic heterocycles. The molecule has 0 saturated carbocycles. The summed E-state index contributed by atoms with van der Waals surface area (Å²) in [7, 11) is 0. The van der Waals surface area contributed by atoms with Gasteiger partial charge in [0.2, 0.25) is 0 Å². The van der Waals surface area contributed by atoms with Gasteiger partial charge in [-0.15, -0.1) is 0 Å². The number of hydrogen-bond acceptors (Lipinski definition) is 4. The van der Waals surface area contributed by atoms with Crippen molar-refractivity contribution in [1.29, 1.82) is 0 Å². The molecule has 156 valence electrons. The molecule has 1 aliphatic rings. The molecule has 1 saturated heterocycles. The molecule has 0 spiro atoms. The molecule has 30 heavy (non-hydrogen) atoms. The fourth-order valence-electron chi connectivity index (χ4n) is 4.50. The zero-order valence-corrected chi connectivity index (χ0v) is 18.4. The van der Waals surface area contributed by atoms with Gasteiger partial charge in [-0.1, -0.05) is 18.2 Å². The lowest BCUT2D eigenvalue weighted by molar-refractivity contribution is 0.101. The minimum Gasteiger partial charge on any atom is -0.298 e. The Hall–Kier alpha value is -2.79. The average molecular weight is 403 g/mol. The van der Waals surface area contributed by atoms with Gasteiger partial charge >= 0.3 is 0 Å². The largest absolute Gasteiger partial charge is 0.298 e. The second-order valence-corrected chi connectivity index (χ2v) is 8.30. The van der Waals surface area contributed by atoms with E-state index in [-0.39, 0.29) is 5.78 Å². The molecule has 1 aliphatic heterocycles. The van der Waals surface area contributed by atoms with Gasteiger partial charge in [-0.05, 0) is 70.3 Å². The summed E-state index contributed by atoms with van der Waals surface area (Å²) in [6.07, 6.45) is 3.05. The Labute approximate surface area is 178 Å². The first-order valence-corrected chi connectivity index (χ1v) is 10.8. The van der Waals surface area contributed by atoms with Gasteiger partial charge < -0.3 is 0 Å². The van der Waals surface area contributed by atoms with Gasteiger partial charge in [0.15, 0.2) is 5.78 Å². The molecule has 1 fully saturated rings. The normalized spacial score (nSPS) is 16.9.